The molecule has 5 nitrogen and oxygen atoms in total. The molecule has 0 amide bonds. The highest BCUT2D eigenvalue weighted by atomic mass is 79.9. The largest absolute Gasteiger partial charge is 0.449 e. The molecular weight excluding hydrogens is 348 g/mol. The first-order valence-corrected chi connectivity index (χ1v) is 8.28. The number of halogens is 1. The van der Waals surface area contributed by atoms with Crippen molar-refractivity contribution in [2.24, 2.45) is 0 Å². The molecule has 0 aliphatic carbocycles. The molecule has 0 spiro atoms. The second-order valence-electron chi connectivity index (χ2n) is 4.95. The monoisotopic (exact) mass is 358 g/mol. The third-order valence-electron chi connectivity index (χ3n) is 3.41. The molecule has 1 saturated heterocycles. The van der Waals surface area contributed by atoms with Crippen LogP contribution in [-0.4, -0.2) is 32.3 Å². The number of benzene rings is 1. The number of carbonyl (C=O) groups is 1. The summed E-state index contributed by atoms with van der Waals surface area (Å²) in [6, 6.07) is 7.12. The zero-order valence-electron chi connectivity index (χ0n) is 10.6. The lowest BCUT2D eigenvalue weighted by Gasteiger charge is -2.30. The van der Waals surface area contributed by atoms with E-state index >= 15 is 0 Å². The van der Waals surface area contributed by atoms with Crippen molar-refractivity contribution in [3.05, 3.63) is 39.9 Å². The normalized spacial score (nSPS) is 28.2. The SMILES string of the molecule is CC12COS(=O)(=O)CC1=C(c1cccc(Br)c1)C(=O)O2. The maximum atomic E-state index is 12.1. The first kappa shape index (κ1) is 13.8. The first-order chi connectivity index (χ1) is 9.31. The number of rotatable bonds is 1. The van der Waals surface area contributed by atoms with Gasteiger partial charge in [-0.3, -0.25) is 4.18 Å². The summed E-state index contributed by atoms with van der Waals surface area (Å²) in [6.07, 6.45) is 0. The zero-order valence-corrected chi connectivity index (χ0v) is 13.0. The fourth-order valence-corrected chi connectivity index (χ4v) is 4.09. The Labute approximate surface area is 124 Å². The molecule has 2 heterocycles. The molecule has 7 heteroatoms. The van der Waals surface area contributed by atoms with Gasteiger partial charge in [0.1, 0.15) is 12.4 Å². The minimum Gasteiger partial charge on any atom is -0.449 e. The Hall–Kier alpha value is -1.18. The molecular formula is C13H11BrO5S. The predicted molar refractivity (Wildman–Crippen MR) is 75.3 cm³/mol. The Morgan fingerprint density at radius 1 is 1.35 bits per heavy atom. The molecule has 1 unspecified atom stereocenters. The van der Waals surface area contributed by atoms with Crippen LogP contribution in [0.15, 0.2) is 34.3 Å². The number of hydrogen-bond acceptors (Lipinski definition) is 5. The van der Waals surface area contributed by atoms with Gasteiger partial charge in [-0.05, 0) is 24.6 Å². The molecule has 3 rings (SSSR count). The van der Waals surface area contributed by atoms with Crippen molar-refractivity contribution in [1.82, 2.24) is 0 Å². The van der Waals surface area contributed by atoms with Gasteiger partial charge < -0.3 is 4.74 Å². The van der Waals surface area contributed by atoms with E-state index in [0.29, 0.717) is 16.7 Å². The van der Waals surface area contributed by atoms with Gasteiger partial charge in [0.2, 0.25) is 0 Å². The van der Waals surface area contributed by atoms with Crippen LogP contribution in [0, 0.1) is 0 Å². The molecule has 0 bridgehead atoms. The summed E-state index contributed by atoms with van der Waals surface area (Å²) in [5, 5.41) is 0. The van der Waals surface area contributed by atoms with Crippen LogP contribution in [0.3, 0.4) is 0 Å². The zero-order chi connectivity index (χ0) is 14.5. The van der Waals surface area contributed by atoms with Gasteiger partial charge in [-0.2, -0.15) is 8.42 Å². The molecule has 20 heavy (non-hydrogen) atoms. The fourth-order valence-electron chi connectivity index (χ4n) is 2.40. The number of carbonyl (C=O) groups excluding carboxylic acids is 1. The van der Waals surface area contributed by atoms with Crippen molar-refractivity contribution in [2.45, 2.75) is 12.5 Å². The topological polar surface area (TPSA) is 69.7 Å². The van der Waals surface area contributed by atoms with Crippen LogP contribution in [-0.2, 0) is 23.8 Å². The summed E-state index contributed by atoms with van der Waals surface area (Å²) >= 11 is 3.34. The summed E-state index contributed by atoms with van der Waals surface area (Å²) in [5.41, 5.74) is 0.424. The molecule has 0 radical (unpaired) electrons. The summed E-state index contributed by atoms with van der Waals surface area (Å²) < 4.78 is 34.2. The van der Waals surface area contributed by atoms with Gasteiger partial charge in [0, 0.05) is 10.0 Å². The lowest BCUT2D eigenvalue weighted by molar-refractivity contribution is -0.146. The van der Waals surface area contributed by atoms with Gasteiger partial charge in [-0.15, -0.1) is 0 Å². The van der Waals surface area contributed by atoms with Gasteiger partial charge in [0.15, 0.2) is 5.60 Å². The van der Waals surface area contributed by atoms with Crippen LogP contribution in [0.4, 0.5) is 0 Å². The Balaban J connectivity index is 2.20. The van der Waals surface area contributed by atoms with E-state index in [1.165, 1.54) is 0 Å². The van der Waals surface area contributed by atoms with E-state index in [1.54, 1.807) is 25.1 Å². The third kappa shape index (κ3) is 2.19. The molecule has 0 saturated carbocycles. The average molecular weight is 359 g/mol. The Bertz CT molecular complexity index is 737. The van der Waals surface area contributed by atoms with Crippen LogP contribution in [0.1, 0.15) is 12.5 Å². The van der Waals surface area contributed by atoms with Crippen LogP contribution >= 0.6 is 15.9 Å². The van der Waals surface area contributed by atoms with Crippen molar-refractivity contribution in [3.8, 4) is 0 Å². The maximum Gasteiger partial charge on any atom is 0.339 e. The van der Waals surface area contributed by atoms with E-state index in [9.17, 15) is 13.2 Å². The molecule has 2 aliphatic heterocycles. The van der Waals surface area contributed by atoms with E-state index in [2.05, 4.69) is 15.9 Å². The van der Waals surface area contributed by atoms with Crippen molar-refractivity contribution < 1.29 is 22.1 Å². The Kier molecular flexibility index (Phi) is 3.04. The molecule has 1 atom stereocenters. The quantitative estimate of drug-likeness (QED) is 0.566. The lowest BCUT2D eigenvalue weighted by atomic mass is 9.92. The third-order valence-corrected chi connectivity index (χ3v) is 5.02. The lowest BCUT2D eigenvalue weighted by Crippen LogP contribution is -2.42. The number of ether oxygens (including phenoxy) is 1. The minimum atomic E-state index is -3.65. The molecule has 0 aromatic heterocycles. The standard InChI is InChI=1S/C13H11BrO5S/c1-13-7-18-20(16,17)6-10(13)11(12(15)19-13)8-3-2-4-9(14)5-8/h2-5H,6-7H2,1H3. The van der Waals surface area contributed by atoms with E-state index in [-0.39, 0.29) is 12.4 Å². The van der Waals surface area contributed by atoms with E-state index in [0.717, 1.165) is 4.47 Å². The van der Waals surface area contributed by atoms with Gasteiger partial charge in [-0.25, -0.2) is 4.79 Å². The van der Waals surface area contributed by atoms with Crippen molar-refractivity contribution in [1.29, 1.82) is 0 Å². The summed E-state index contributed by atoms with van der Waals surface area (Å²) in [4.78, 5) is 12.1. The number of fused-ring (bicyclic) bond motifs is 1. The van der Waals surface area contributed by atoms with Gasteiger partial charge >= 0.3 is 5.97 Å². The Morgan fingerprint density at radius 2 is 2.10 bits per heavy atom. The van der Waals surface area contributed by atoms with E-state index < -0.39 is 21.7 Å². The molecule has 106 valence electrons. The second-order valence-corrected chi connectivity index (χ2v) is 7.50. The summed E-state index contributed by atoms with van der Waals surface area (Å²) in [5.74, 6) is -0.835. The van der Waals surface area contributed by atoms with Crippen molar-refractivity contribution >= 4 is 37.6 Å². The van der Waals surface area contributed by atoms with Gasteiger partial charge in [-0.1, -0.05) is 28.1 Å². The van der Waals surface area contributed by atoms with Crippen molar-refractivity contribution in [2.75, 3.05) is 12.4 Å². The average Bonchev–Trinajstić information content (AvgIpc) is 2.59. The van der Waals surface area contributed by atoms with E-state index in [4.69, 9.17) is 8.92 Å². The van der Waals surface area contributed by atoms with Crippen LogP contribution in [0.25, 0.3) is 5.57 Å². The summed E-state index contributed by atoms with van der Waals surface area (Å²) in [6.45, 7) is 1.49. The Morgan fingerprint density at radius 3 is 2.80 bits per heavy atom. The highest BCUT2D eigenvalue weighted by Gasteiger charge is 2.50. The van der Waals surface area contributed by atoms with Gasteiger partial charge in [0.05, 0.1) is 5.57 Å². The second kappa shape index (κ2) is 4.41. The fraction of sp³-hybridized carbons (Fsp3) is 0.308. The highest BCUT2D eigenvalue weighted by Crippen LogP contribution is 2.42. The van der Waals surface area contributed by atoms with E-state index in [1.807, 2.05) is 6.07 Å². The molecule has 2 aliphatic rings. The van der Waals surface area contributed by atoms with Gasteiger partial charge in [0.25, 0.3) is 10.1 Å². The number of hydrogen-bond donors (Lipinski definition) is 0. The molecule has 0 N–H and O–H groups in total. The molecule has 1 aromatic rings. The van der Waals surface area contributed by atoms with Crippen LogP contribution in [0.5, 0.6) is 0 Å². The molecule has 1 fully saturated rings. The van der Waals surface area contributed by atoms with Crippen LogP contribution < -0.4 is 0 Å². The minimum absolute atomic E-state index is 0.173. The predicted octanol–water partition coefficient (Wildman–Crippen LogP) is 1.88. The maximum absolute atomic E-state index is 12.1. The smallest absolute Gasteiger partial charge is 0.339 e. The summed E-state index contributed by atoms with van der Waals surface area (Å²) in [7, 11) is -3.65. The highest BCUT2D eigenvalue weighted by molar-refractivity contribution is 9.10. The van der Waals surface area contributed by atoms with Crippen LogP contribution in [0.2, 0.25) is 0 Å². The molecule has 1 aromatic carbocycles. The first-order valence-electron chi connectivity index (χ1n) is 5.91. The number of esters is 1. The van der Waals surface area contributed by atoms with Crippen molar-refractivity contribution in [3.63, 3.8) is 0 Å².